The average Bonchev–Trinajstić information content (AvgIpc) is 3.22. The number of H-pyrrole nitrogens is 1. The summed E-state index contributed by atoms with van der Waals surface area (Å²) in [7, 11) is 0. The number of aromatic hydroxyl groups is 1. The summed E-state index contributed by atoms with van der Waals surface area (Å²) < 4.78 is 34.9. The maximum atomic E-state index is 13.8. The molecule has 3 aromatic heterocycles. The molecule has 0 radical (unpaired) electrons. The number of nitrogens with one attached hydrogen (secondary N) is 1. The summed E-state index contributed by atoms with van der Waals surface area (Å²) in [6.45, 7) is 11.2. The zero-order valence-electron chi connectivity index (χ0n) is 24.4. The third kappa shape index (κ3) is 5.70. The van der Waals surface area contributed by atoms with Crippen LogP contribution in [0.25, 0.3) is 22.3 Å². The highest BCUT2D eigenvalue weighted by Crippen LogP contribution is 2.34. The van der Waals surface area contributed by atoms with Crippen molar-refractivity contribution in [3.63, 3.8) is 0 Å². The van der Waals surface area contributed by atoms with E-state index in [4.69, 9.17) is 14.8 Å². The van der Waals surface area contributed by atoms with E-state index in [1.165, 1.54) is 12.3 Å². The first kappa shape index (κ1) is 29.2. The monoisotopic (exact) mass is 580 g/mol. The first-order valence-corrected chi connectivity index (χ1v) is 13.8. The molecule has 1 aromatic carbocycles. The zero-order chi connectivity index (χ0) is 30.5. The summed E-state index contributed by atoms with van der Waals surface area (Å²) in [5, 5.41) is 15.1. The molecule has 1 amide bonds. The quantitative estimate of drug-likeness (QED) is 0.330. The minimum atomic E-state index is -1.07. The van der Waals surface area contributed by atoms with E-state index in [1.807, 2.05) is 34.6 Å². The molecule has 1 aliphatic rings. The lowest BCUT2D eigenvalue weighted by molar-refractivity contribution is -0.00668. The van der Waals surface area contributed by atoms with Crippen LogP contribution in [0.3, 0.4) is 0 Å². The predicted octanol–water partition coefficient (Wildman–Crippen LogP) is 5.41. The van der Waals surface area contributed by atoms with Crippen molar-refractivity contribution in [1.82, 2.24) is 29.6 Å². The largest absolute Gasteiger partial charge is 0.504 e. The van der Waals surface area contributed by atoms with Crippen LogP contribution >= 0.6 is 0 Å². The van der Waals surface area contributed by atoms with Gasteiger partial charge in [0.1, 0.15) is 22.6 Å². The van der Waals surface area contributed by atoms with Crippen molar-refractivity contribution < 1.29 is 23.4 Å². The number of phenolic OH excluding ortho intramolecular Hbond substituents is 1. The first-order valence-electron chi connectivity index (χ1n) is 13.8. The Bertz CT molecular complexity index is 1700. The van der Waals surface area contributed by atoms with Crippen LogP contribution in [0, 0.1) is 18.6 Å². The number of aromatic nitrogens is 5. The number of carbonyl (C=O) groups excluding carboxylic acids is 1. The summed E-state index contributed by atoms with van der Waals surface area (Å²) in [5.74, 6) is -2.18. The summed E-state index contributed by atoms with van der Waals surface area (Å²) in [6.07, 6.45) is 2.61. The highest BCUT2D eigenvalue weighted by molar-refractivity contribution is 5.77. The van der Waals surface area contributed by atoms with E-state index in [1.54, 1.807) is 22.6 Å². The van der Waals surface area contributed by atoms with Crippen molar-refractivity contribution in [1.29, 1.82) is 0 Å². The lowest BCUT2D eigenvalue weighted by Gasteiger charge is -2.42. The van der Waals surface area contributed by atoms with Gasteiger partial charge in [-0.25, -0.2) is 23.2 Å². The van der Waals surface area contributed by atoms with Gasteiger partial charge in [0, 0.05) is 36.3 Å². The first-order chi connectivity index (χ1) is 19.7. The Morgan fingerprint density at radius 2 is 1.86 bits per heavy atom. The van der Waals surface area contributed by atoms with Gasteiger partial charge in [0.15, 0.2) is 17.2 Å². The lowest BCUT2D eigenvalue weighted by Crippen LogP contribution is -2.51. The third-order valence-electron chi connectivity index (χ3n) is 7.41. The van der Waals surface area contributed by atoms with Crippen molar-refractivity contribution in [2.75, 3.05) is 0 Å². The van der Waals surface area contributed by atoms with Gasteiger partial charge in [-0.3, -0.25) is 9.78 Å². The maximum absolute atomic E-state index is 13.8. The van der Waals surface area contributed by atoms with Gasteiger partial charge >= 0.3 is 6.09 Å². The molecule has 0 bridgehead atoms. The molecule has 4 heterocycles. The number of ether oxygens (including phenoxy) is 1. The van der Waals surface area contributed by atoms with Crippen LogP contribution in [0.4, 0.5) is 13.6 Å². The number of halogens is 2. The van der Waals surface area contributed by atoms with Crippen molar-refractivity contribution in [2.24, 2.45) is 0 Å². The van der Waals surface area contributed by atoms with E-state index in [2.05, 4.69) is 9.97 Å². The van der Waals surface area contributed by atoms with Gasteiger partial charge in [-0.05, 0) is 72.1 Å². The van der Waals surface area contributed by atoms with Crippen LogP contribution in [-0.4, -0.2) is 58.5 Å². The topological polar surface area (TPSA) is 126 Å². The number of benzene rings is 1. The number of amides is 1. The van der Waals surface area contributed by atoms with E-state index in [0.717, 1.165) is 6.07 Å². The molecule has 1 fully saturated rings. The van der Waals surface area contributed by atoms with Gasteiger partial charge in [-0.2, -0.15) is 5.10 Å². The SMILES string of the molecule is Cc1nn(C2CC(C)N(C(=O)OC(C)(C)C)C(C)C2)c2nc(Cc3ccc(-c4cc(F)cc(F)c4O)nc3)[nH]c(=O)c12. The van der Waals surface area contributed by atoms with Crippen LogP contribution in [0.2, 0.25) is 0 Å². The van der Waals surface area contributed by atoms with Gasteiger partial charge in [0.2, 0.25) is 0 Å². The number of phenols is 1. The van der Waals surface area contributed by atoms with Gasteiger partial charge < -0.3 is 19.7 Å². The lowest BCUT2D eigenvalue weighted by atomic mass is 9.93. The highest BCUT2D eigenvalue weighted by atomic mass is 19.1. The molecular weight excluding hydrogens is 546 g/mol. The number of hydrogen-bond donors (Lipinski definition) is 2. The second kappa shape index (κ2) is 10.8. The standard InChI is InChI=1S/C30H34F2N6O4/c1-15-9-20(10-16(2)37(15)29(41)42-30(4,5)6)38-27-25(17(3)36-38)28(40)35-24(34-27)11-18-7-8-23(33-14-18)21-12-19(31)13-22(32)26(21)39/h7-8,12-16,20,39H,9-11H2,1-6H3,(H,34,35,40). The number of aromatic amines is 1. The molecule has 42 heavy (non-hydrogen) atoms. The fraction of sp³-hybridized carbons (Fsp3) is 0.433. The zero-order valence-corrected chi connectivity index (χ0v) is 24.4. The van der Waals surface area contributed by atoms with Crippen molar-refractivity contribution >= 4 is 17.1 Å². The van der Waals surface area contributed by atoms with Crippen LogP contribution in [0.1, 0.15) is 70.6 Å². The molecule has 5 rings (SSSR count). The van der Waals surface area contributed by atoms with Gasteiger partial charge in [-0.1, -0.05) is 6.07 Å². The fourth-order valence-corrected chi connectivity index (χ4v) is 5.66. The number of pyridine rings is 1. The number of nitrogens with zero attached hydrogens (tertiary/aromatic N) is 5. The Morgan fingerprint density at radius 3 is 2.48 bits per heavy atom. The van der Waals surface area contributed by atoms with E-state index in [-0.39, 0.29) is 47.5 Å². The minimum absolute atomic E-state index is 0.0625. The van der Waals surface area contributed by atoms with E-state index >= 15 is 0 Å². The number of aryl methyl sites for hydroxylation is 1. The van der Waals surface area contributed by atoms with Gasteiger partial charge in [0.25, 0.3) is 5.56 Å². The normalized spacial score (nSPS) is 19.3. The number of likely N-dealkylation sites (tertiary alicyclic amines) is 1. The second-order valence-corrected chi connectivity index (χ2v) is 12.0. The number of piperidine rings is 1. The number of carbonyl (C=O) groups is 1. The predicted molar refractivity (Wildman–Crippen MR) is 152 cm³/mol. The molecular formula is C30H34F2N6O4. The number of hydrogen-bond acceptors (Lipinski definition) is 7. The smallest absolute Gasteiger partial charge is 0.410 e. The summed E-state index contributed by atoms with van der Waals surface area (Å²) in [4.78, 5) is 39.6. The van der Waals surface area contributed by atoms with Crippen molar-refractivity contribution in [3.8, 4) is 17.0 Å². The summed E-state index contributed by atoms with van der Waals surface area (Å²) in [5.41, 5.74) is 0.941. The molecule has 0 spiro atoms. The molecule has 0 aliphatic carbocycles. The van der Waals surface area contributed by atoms with E-state index < -0.39 is 23.0 Å². The highest BCUT2D eigenvalue weighted by Gasteiger charge is 2.38. The molecule has 222 valence electrons. The minimum Gasteiger partial charge on any atom is -0.504 e. The van der Waals surface area contributed by atoms with Crippen LogP contribution in [-0.2, 0) is 11.2 Å². The Hall–Kier alpha value is -4.35. The molecule has 4 aromatic rings. The molecule has 1 saturated heterocycles. The summed E-state index contributed by atoms with van der Waals surface area (Å²) >= 11 is 0. The van der Waals surface area contributed by atoms with Crippen LogP contribution < -0.4 is 5.56 Å². The molecule has 1 aliphatic heterocycles. The van der Waals surface area contributed by atoms with E-state index in [9.17, 15) is 23.5 Å². The number of rotatable bonds is 4. The van der Waals surface area contributed by atoms with Gasteiger partial charge in [0.05, 0.1) is 17.4 Å². The van der Waals surface area contributed by atoms with Crippen molar-refractivity contribution in [3.05, 3.63) is 69.5 Å². The Morgan fingerprint density at radius 1 is 1.17 bits per heavy atom. The van der Waals surface area contributed by atoms with Crippen LogP contribution in [0.15, 0.2) is 35.3 Å². The number of fused-ring (bicyclic) bond motifs is 1. The molecule has 10 nitrogen and oxygen atoms in total. The van der Waals surface area contributed by atoms with Crippen molar-refractivity contribution in [2.45, 2.75) is 84.5 Å². The molecule has 2 N–H and O–H groups in total. The van der Waals surface area contributed by atoms with Crippen LogP contribution in [0.5, 0.6) is 5.75 Å². The molecule has 2 unspecified atom stereocenters. The average molecular weight is 581 g/mol. The maximum Gasteiger partial charge on any atom is 0.410 e. The molecule has 12 heteroatoms. The second-order valence-electron chi connectivity index (χ2n) is 12.0. The Balaban J connectivity index is 1.41. The third-order valence-corrected chi connectivity index (χ3v) is 7.41. The van der Waals surface area contributed by atoms with E-state index in [0.29, 0.717) is 47.0 Å². The molecule has 0 saturated carbocycles. The fourth-order valence-electron chi connectivity index (χ4n) is 5.66. The molecule has 2 atom stereocenters. The Kier molecular flexibility index (Phi) is 7.50. The summed E-state index contributed by atoms with van der Waals surface area (Å²) in [6, 6.07) is 4.51. The Labute approximate surface area is 241 Å². The van der Waals surface area contributed by atoms with Gasteiger partial charge in [-0.15, -0.1) is 0 Å².